The molecule has 1 aromatic carbocycles. The van der Waals surface area contributed by atoms with Crippen molar-refractivity contribution in [1.29, 1.82) is 0 Å². The van der Waals surface area contributed by atoms with Gasteiger partial charge in [0, 0.05) is 25.1 Å². The molecule has 0 atom stereocenters. The molecule has 2 rings (SSSR count). The molecule has 0 aliphatic carbocycles. The van der Waals surface area contributed by atoms with Gasteiger partial charge in [-0.3, -0.25) is 14.5 Å². The molecule has 114 valence electrons. The summed E-state index contributed by atoms with van der Waals surface area (Å²) >= 11 is 0. The summed E-state index contributed by atoms with van der Waals surface area (Å²) in [5, 5.41) is 2.85. The Hall–Kier alpha value is -1.75. The zero-order valence-electron chi connectivity index (χ0n) is 12.5. The van der Waals surface area contributed by atoms with Crippen LogP contribution in [0.4, 0.5) is 4.39 Å². The van der Waals surface area contributed by atoms with Crippen molar-refractivity contribution in [1.82, 2.24) is 10.2 Å². The van der Waals surface area contributed by atoms with Gasteiger partial charge in [0.1, 0.15) is 5.82 Å². The van der Waals surface area contributed by atoms with Crippen LogP contribution in [0.15, 0.2) is 24.3 Å². The largest absolute Gasteiger partial charge is 0.353 e. The highest BCUT2D eigenvalue weighted by Crippen LogP contribution is 2.18. The SMILES string of the molecule is CC1(C)C(=O)NCCN1CCCC(=O)c1ccc(F)cc1. The third-order valence-electron chi connectivity index (χ3n) is 4.01. The number of nitrogens with zero attached hydrogens (tertiary/aromatic N) is 1. The molecule has 1 fully saturated rings. The molecule has 1 aliphatic heterocycles. The summed E-state index contributed by atoms with van der Waals surface area (Å²) in [6.45, 7) is 5.93. The lowest BCUT2D eigenvalue weighted by Gasteiger charge is -2.41. The Morgan fingerprint density at radius 1 is 1.33 bits per heavy atom. The Balaban J connectivity index is 1.85. The normalized spacial score (nSPS) is 18.3. The third-order valence-corrected chi connectivity index (χ3v) is 4.01. The average Bonchev–Trinajstić information content (AvgIpc) is 2.44. The van der Waals surface area contributed by atoms with E-state index in [0.717, 1.165) is 6.54 Å². The van der Waals surface area contributed by atoms with Crippen molar-refractivity contribution in [3.8, 4) is 0 Å². The Bertz CT molecular complexity index is 526. The maximum Gasteiger partial charge on any atom is 0.239 e. The van der Waals surface area contributed by atoms with Gasteiger partial charge in [-0.2, -0.15) is 0 Å². The number of carbonyl (C=O) groups is 2. The first-order valence-corrected chi connectivity index (χ1v) is 7.23. The summed E-state index contributed by atoms with van der Waals surface area (Å²) < 4.78 is 12.8. The van der Waals surface area contributed by atoms with Gasteiger partial charge >= 0.3 is 0 Å². The van der Waals surface area contributed by atoms with E-state index in [4.69, 9.17) is 0 Å². The second kappa shape index (κ2) is 6.35. The molecule has 5 heteroatoms. The number of hydrogen-bond acceptors (Lipinski definition) is 3. The molecule has 1 heterocycles. The van der Waals surface area contributed by atoms with E-state index in [0.29, 0.717) is 31.5 Å². The van der Waals surface area contributed by atoms with Crippen LogP contribution in [0.3, 0.4) is 0 Å². The highest BCUT2D eigenvalue weighted by Gasteiger charge is 2.36. The first kappa shape index (κ1) is 15.6. The Morgan fingerprint density at radius 2 is 2.00 bits per heavy atom. The number of carbonyl (C=O) groups excluding carboxylic acids is 2. The first-order valence-electron chi connectivity index (χ1n) is 7.23. The molecular weight excluding hydrogens is 271 g/mol. The monoisotopic (exact) mass is 292 g/mol. The number of ketones is 1. The van der Waals surface area contributed by atoms with Gasteiger partial charge in [-0.1, -0.05) is 0 Å². The molecule has 21 heavy (non-hydrogen) atoms. The highest BCUT2D eigenvalue weighted by molar-refractivity contribution is 5.96. The van der Waals surface area contributed by atoms with Crippen LogP contribution in [0.5, 0.6) is 0 Å². The van der Waals surface area contributed by atoms with E-state index < -0.39 is 5.54 Å². The summed E-state index contributed by atoms with van der Waals surface area (Å²) in [5.74, 6) is -0.305. The number of rotatable bonds is 5. The molecular formula is C16H21FN2O2. The molecule has 1 saturated heterocycles. The van der Waals surface area contributed by atoms with Gasteiger partial charge in [-0.05, 0) is 51.1 Å². The second-order valence-corrected chi connectivity index (χ2v) is 5.84. The van der Waals surface area contributed by atoms with Crippen molar-refractivity contribution in [3.05, 3.63) is 35.6 Å². The van der Waals surface area contributed by atoms with Crippen LogP contribution in [0.25, 0.3) is 0 Å². The first-order chi connectivity index (χ1) is 9.91. The summed E-state index contributed by atoms with van der Waals surface area (Å²) in [4.78, 5) is 25.9. The standard InChI is InChI=1S/C16H21FN2O2/c1-16(2)15(21)18-9-11-19(16)10-3-4-14(20)12-5-7-13(17)8-6-12/h5-8H,3-4,9-11H2,1-2H3,(H,18,21). The lowest BCUT2D eigenvalue weighted by atomic mass is 9.98. The molecule has 0 spiro atoms. The fourth-order valence-electron chi connectivity index (χ4n) is 2.55. The molecule has 1 N–H and O–H groups in total. The molecule has 0 saturated carbocycles. The average molecular weight is 292 g/mol. The van der Waals surface area contributed by atoms with E-state index >= 15 is 0 Å². The minimum atomic E-state index is -0.531. The van der Waals surface area contributed by atoms with E-state index in [-0.39, 0.29) is 17.5 Å². The molecule has 1 aromatic rings. The minimum absolute atomic E-state index is 0.00858. The summed E-state index contributed by atoms with van der Waals surface area (Å²) in [6.07, 6.45) is 1.09. The smallest absolute Gasteiger partial charge is 0.239 e. The molecule has 4 nitrogen and oxygen atoms in total. The van der Waals surface area contributed by atoms with E-state index in [2.05, 4.69) is 10.2 Å². The van der Waals surface area contributed by atoms with Gasteiger partial charge in [-0.25, -0.2) is 4.39 Å². The van der Waals surface area contributed by atoms with E-state index in [1.807, 2.05) is 13.8 Å². The fraction of sp³-hybridized carbons (Fsp3) is 0.500. The predicted molar refractivity (Wildman–Crippen MR) is 78.6 cm³/mol. The third kappa shape index (κ3) is 3.67. The van der Waals surface area contributed by atoms with Crippen LogP contribution in [-0.2, 0) is 4.79 Å². The molecule has 1 amide bonds. The molecule has 0 unspecified atom stereocenters. The number of benzene rings is 1. The summed E-state index contributed by atoms with van der Waals surface area (Å²) in [7, 11) is 0. The van der Waals surface area contributed by atoms with Gasteiger partial charge in [-0.15, -0.1) is 0 Å². The number of nitrogens with one attached hydrogen (secondary N) is 1. The van der Waals surface area contributed by atoms with Crippen LogP contribution < -0.4 is 5.32 Å². The summed E-state index contributed by atoms with van der Waals surface area (Å²) in [5.41, 5.74) is 0.00372. The summed E-state index contributed by atoms with van der Waals surface area (Å²) in [6, 6.07) is 5.61. The Kier molecular flexibility index (Phi) is 4.73. The van der Waals surface area contributed by atoms with Crippen LogP contribution in [0.2, 0.25) is 0 Å². The fourth-order valence-corrected chi connectivity index (χ4v) is 2.55. The lowest BCUT2D eigenvalue weighted by Crippen LogP contribution is -2.61. The van der Waals surface area contributed by atoms with Gasteiger partial charge in [0.05, 0.1) is 5.54 Å². The number of amides is 1. The van der Waals surface area contributed by atoms with E-state index in [9.17, 15) is 14.0 Å². The van der Waals surface area contributed by atoms with Crippen molar-refractivity contribution < 1.29 is 14.0 Å². The zero-order chi connectivity index (χ0) is 15.5. The molecule has 1 aliphatic rings. The second-order valence-electron chi connectivity index (χ2n) is 5.84. The van der Waals surface area contributed by atoms with E-state index in [1.54, 1.807) is 0 Å². The van der Waals surface area contributed by atoms with Gasteiger partial charge in [0.15, 0.2) is 5.78 Å². The van der Waals surface area contributed by atoms with Crippen LogP contribution in [-0.4, -0.2) is 41.8 Å². The number of piperazine rings is 1. The van der Waals surface area contributed by atoms with Crippen LogP contribution >= 0.6 is 0 Å². The predicted octanol–water partition coefficient (Wildman–Crippen LogP) is 2.00. The van der Waals surface area contributed by atoms with Gasteiger partial charge in [0.25, 0.3) is 0 Å². The molecule has 0 bridgehead atoms. The highest BCUT2D eigenvalue weighted by atomic mass is 19.1. The Labute approximate surface area is 124 Å². The van der Waals surface area contributed by atoms with Gasteiger partial charge < -0.3 is 5.32 Å². The van der Waals surface area contributed by atoms with E-state index in [1.165, 1.54) is 24.3 Å². The number of halogens is 1. The van der Waals surface area contributed by atoms with Crippen molar-refractivity contribution in [3.63, 3.8) is 0 Å². The van der Waals surface area contributed by atoms with Gasteiger partial charge in [0.2, 0.25) is 5.91 Å². The molecule has 0 aromatic heterocycles. The Morgan fingerprint density at radius 3 is 2.67 bits per heavy atom. The number of Topliss-reactive ketones (excluding diaryl/α,β-unsaturated/α-hetero) is 1. The van der Waals surface area contributed by atoms with Crippen molar-refractivity contribution >= 4 is 11.7 Å². The maximum absolute atomic E-state index is 12.8. The van der Waals surface area contributed by atoms with Crippen molar-refractivity contribution in [2.24, 2.45) is 0 Å². The van der Waals surface area contributed by atoms with Crippen molar-refractivity contribution in [2.45, 2.75) is 32.2 Å². The van der Waals surface area contributed by atoms with Crippen molar-refractivity contribution in [2.75, 3.05) is 19.6 Å². The maximum atomic E-state index is 12.8. The minimum Gasteiger partial charge on any atom is -0.353 e. The van der Waals surface area contributed by atoms with Crippen LogP contribution in [0.1, 0.15) is 37.0 Å². The topological polar surface area (TPSA) is 49.4 Å². The molecule has 0 radical (unpaired) electrons. The quantitative estimate of drug-likeness (QED) is 0.845. The zero-order valence-corrected chi connectivity index (χ0v) is 12.5. The number of hydrogen-bond donors (Lipinski definition) is 1. The lowest BCUT2D eigenvalue weighted by molar-refractivity contribution is -0.135. The van der Waals surface area contributed by atoms with Crippen LogP contribution in [0, 0.1) is 5.82 Å².